The van der Waals surface area contributed by atoms with Crippen LogP contribution in [0, 0.1) is 0 Å². The zero-order valence-electron chi connectivity index (χ0n) is 10.4. The number of methoxy groups -OCH3 is 1. The van der Waals surface area contributed by atoms with Gasteiger partial charge in [0.05, 0.1) is 12.8 Å². The van der Waals surface area contributed by atoms with Crippen molar-refractivity contribution in [2.24, 2.45) is 5.73 Å². The zero-order chi connectivity index (χ0) is 12.8. The van der Waals surface area contributed by atoms with Crippen LogP contribution in [0.4, 0.5) is 11.4 Å². The van der Waals surface area contributed by atoms with E-state index < -0.39 is 0 Å². The third kappa shape index (κ3) is 3.96. The molecular formula is C12H19N3O2. The van der Waals surface area contributed by atoms with E-state index in [2.05, 4.69) is 10.6 Å². The third-order valence-electron chi connectivity index (χ3n) is 2.28. The molecule has 0 bridgehead atoms. The average molecular weight is 237 g/mol. The molecule has 1 aromatic carbocycles. The molecular weight excluding hydrogens is 218 g/mol. The van der Waals surface area contributed by atoms with Crippen LogP contribution < -0.4 is 21.1 Å². The first kappa shape index (κ1) is 13.3. The minimum atomic E-state index is -0.104. The summed E-state index contributed by atoms with van der Waals surface area (Å²) >= 11 is 0. The largest absolute Gasteiger partial charge is 0.495 e. The third-order valence-corrected chi connectivity index (χ3v) is 2.28. The van der Waals surface area contributed by atoms with Crippen molar-refractivity contribution in [1.29, 1.82) is 0 Å². The highest BCUT2D eigenvalue weighted by Crippen LogP contribution is 2.28. The smallest absolute Gasteiger partial charge is 0.221 e. The fourth-order valence-corrected chi connectivity index (χ4v) is 1.43. The topological polar surface area (TPSA) is 76.4 Å². The maximum Gasteiger partial charge on any atom is 0.221 e. The van der Waals surface area contributed by atoms with Crippen molar-refractivity contribution in [2.75, 3.05) is 24.3 Å². The molecule has 0 fully saturated rings. The Balaban J connectivity index is 2.93. The molecule has 94 valence electrons. The van der Waals surface area contributed by atoms with E-state index in [0.29, 0.717) is 6.54 Å². The van der Waals surface area contributed by atoms with Crippen LogP contribution in [-0.2, 0) is 4.79 Å². The summed E-state index contributed by atoms with van der Waals surface area (Å²) in [5.41, 5.74) is 7.10. The summed E-state index contributed by atoms with van der Waals surface area (Å²) < 4.78 is 5.23. The molecule has 1 atom stereocenters. The van der Waals surface area contributed by atoms with Gasteiger partial charge in [-0.1, -0.05) is 0 Å². The van der Waals surface area contributed by atoms with Crippen LogP contribution in [0.5, 0.6) is 5.75 Å². The monoisotopic (exact) mass is 237 g/mol. The van der Waals surface area contributed by atoms with Crippen LogP contribution in [0.1, 0.15) is 13.8 Å². The van der Waals surface area contributed by atoms with Crippen LogP contribution >= 0.6 is 0 Å². The first-order chi connectivity index (χ1) is 8.06. The van der Waals surface area contributed by atoms with Crippen molar-refractivity contribution in [1.82, 2.24) is 0 Å². The maximum absolute atomic E-state index is 11.0. The molecule has 0 heterocycles. The molecule has 0 radical (unpaired) electrons. The molecule has 1 aromatic rings. The van der Waals surface area contributed by atoms with Gasteiger partial charge in [0.1, 0.15) is 5.75 Å². The lowest BCUT2D eigenvalue weighted by molar-refractivity contribution is -0.114. The van der Waals surface area contributed by atoms with E-state index in [9.17, 15) is 4.79 Å². The van der Waals surface area contributed by atoms with Gasteiger partial charge in [-0.25, -0.2) is 0 Å². The van der Waals surface area contributed by atoms with Gasteiger partial charge < -0.3 is 21.1 Å². The van der Waals surface area contributed by atoms with Gasteiger partial charge in [-0.3, -0.25) is 4.79 Å². The Labute approximate surface area is 101 Å². The van der Waals surface area contributed by atoms with E-state index >= 15 is 0 Å². The minimum Gasteiger partial charge on any atom is -0.495 e. The molecule has 0 aliphatic heterocycles. The number of rotatable bonds is 5. The van der Waals surface area contributed by atoms with Gasteiger partial charge >= 0.3 is 0 Å². The first-order valence-corrected chi connectivity index (χ1v) is 5.49. The lowest BCUT2D eigenvalue weighted by atomic mass is 10.2. The van der Waals surface area contributed by atoms with Gasteiger partial charge in [-0.05, 0) is 25.1 Å². The molecule has 5 nitrogen and oxygen atoms in total. The van der Waals surface area contributed by atoms with Gasteiger partial charge in [0.2, 0.25) is 5.91 Å². The van der Waals surface area contributed by atoms with Crippen molar-refractivity contribution < 1.29 is 9.53 Å². The van der Waals surface area contributed by atoms with Gasteiger partial charge in [0, 0.05) is 25.2 Å². The quantitative estimate of drug-likeness (QED) is 0.723. The molecule has 1 amide bonds. The zero-order valence-corrected chi connectivity index (χ0v) is 10.4. The lowest BCUT2D eigenvalue weighted by Crippen LogP contribution is -2.25. The lowest BCUT2D eigenvalue weighted by Gasteiger charge is -2.17. The summed E-state index contributed by atoms with van der Waals surface area (Å²) in [4.78, 5) is 11.0. The van der Waals surface area contributed by atoms with E-state index in [1.165, 1.54) is 6.92 Å². The summed E-state index contributed by atoms with van der Waals surface area (Å²) in [7, 11) is 1.60. The summed E-state index contributed by atoms with van der Waals surface area (Å²) in [5.74, 6) is 0.618. The van der Waals surface area contributed by atoms with E-state index in [4.69, 9.17) is 10.5 Å². The SMILES string of the molecule is COc1ccc(NC(C)=O)cc1NC(C)CN. The second-order valence-electron chi connectivity index (χ2n) is 3.88. The second kappa shape index (κ2) is 6.10. The summed E-state index contributed by atoms with van der Waals surface area (Å²) in [6.07, 6.45) is 0. The van der Waals surface area contributed by atoms with Gasteiger partial charge in [0.25, 0.3) is 0 Å². The molecule has 4 N–H and O–H groups in total. The Morgan fingerprint density at radius 2 is 2.24 bits per heavy atom. The number of carbonyl (C=O) groups excluding carboxylic acids is 1. The molecule has 0 saturated heterocycles. The molecule has 0 saturated carbocycles. The number of hydrogen-bond donors (Lipinski definition) is 3. The second-order valence-corrected chi connectivity index (χ2v) is 3.88. The standard InChI is InChI=1S/C12H19N3O2/c1-8(7-13)14-11-6-10(15-9(2)16)4-5-12(11)17-3/h4-6,8,14H,7,13H2,1-3H3,(H,15,16). The fraction of sp³-hybridized carbons (Fsp3) is 0.417. The summed E-state index contributed by atoms with van der Waals surface area (Å²) in [6.45, 7) is 3.97. The Hall–Kier alpha value is -1.75. The molecule has 0 aliphatic carbocycles. The van der Waals surface area contributed by atoms with Crippen molar-refractivity contribution in [3.8, 4) is 5.75 Å². The normalized spacial score (nSPS) is 11.8. The number of nitrogens with two attached hydrogens (primary N) is 1. The molecule has 0 aliphatic rings. The first-order valence-electron chi connectivity index (χ1n) is 5.49. The van der Waals surface area contributed by atoms with Gasteiger partial charge in [-0.2, -0.15) is 0 Å². The van der Waals surface area contributed by atoms with Gasteiger partial charge in [0.15, 0.2) is 0 Å². The number of hydrogen-bond acceptors (Lipinski definition) is 4. The molecule has 1 unspecified atom stereocenters. The van der Waals surface area contributed by atoms with Crippen LogP contribution in [0.15, 0.2) is 18.2 Å². The fourth-order valence-electron chi connectivity index (χ4n) is 1.43. The predicted octanol–water partition coefficient (Wildman–Crippen LogP) is 1.41. The predicted molar refractivity (Wildman–Crippen MR) is 69.4 cm³/mol. The number of nitrogens with one attached hydrogen (secondary N) is 2. The van der Waals surface area contributed by atoms with Crippen molar-refractivity contribution in [2.45, 2.75) is 19.9 Å². The highest BCUT2D eigenvalue weighted by molar-refractivity contribution is 5.89. The Bertz CT molecular complexity index is 393. The molecule has 0 aromatic heterocycles. The van der Waals surface area contributed by atoms with E-state index in [1.54, 1.807) is 19.2 Å². The van der Waals surface area contributed by atoms with Crippen LogP contribution in [0.25, 0.3) is 0 Å². The van der Waals surface area contributed by atoms with Crippen LogP contribution in [0.2, 0.25) is 0 Å². The number of amides is 1. The van der Waals surface area contributed by atoms with Gasteiger partial charge in [-0.15, -0.1) is 0 Å². The van der Waals surface area contributed by atoms with Crippen molar-refractivity contribution in [3.05, 3.63) is 18.2 Å². The molecule has 17 heavy (non-hydrogen) atoms. The molecule has 1 rings (SSSR count). The Kier molecular flexibility index (Phi) is 4.78. The average Bonchev–Trinajstić information content (AvgIpc) is 2.28. The Morgan fingerprint density at radius 1 is 1.53 bits per heavy atom. The Morgan fingerprint density at radius 3 is 2.76 bits per heavy atom. The van der Waals surface area contributed by atoms with Crippen molar-refractivity contribution in [3.63, 3.8) is 0 Å². The van der Waals surface area contributed by atoms with E-state index in [1.807, 2.05) is 13.0 Å². The molecule has 0 spiro atoms. The molecule has 5 heteroatoms. The van der Waals surface area contributed by atoms with E-state index in [0.717, 1.165) is 17.1 Å². The van der Waals surface area contributed by atoms with E-state index in [-0.39, 0.29) is 11.9 Å². The van der Waals surface area contributed by atoms with Crippen molar-refractivity contribution >= 4 is 17.3 Å². The van der Waals surface area contributed by atoms with Crippen LogP contribution in [-0.4, -0.2) is 25.6 Å². The summed E-state index contributed by atoms with van der Waals surface area (Å²) in [5, 5.41) is 5.95. The number of benzene rings is 1. The minimum absolute atomic E-state index is 0.104. The van der Waals surface area contributed by atoms with Crippen LogP contribution in [0.3, 0.4) is 0 Å². The maximum atomic E-state index is 11.0. The highest BCUT2D eigenvalue weighted by Gasteiger charge is 2.07. The number of anilines is 2. The highest BCUT2D eigenvalue weighted by atomic mass is 16.5. The number of ether oxygens (including phenoxy) is 1. The number of carbonyl (C=O) groups is 1. The summed E-state index contributed by atoms with van der Waals surface area (Å²) in [6, 6.07) is 5.55.